The third-order valence-corrected chi connectivity index (χ3v) is 6.57. The van der Waals surface area contributed by atoms with E-state index in [1.54, 1.807) is 7.05 Å². The first-order valence-corrected chi connectivity index (χ1v) is 9.46. The molecule has 1 spiro atoms. The molecule has 8 nitrogen and oxygen atoms in total. The number of aromatic nitrogens is 4. The summed E-state index contributed by atoms with van der Waals surface area (Å²) in [6, 6.07) is 0.461. The molecular weight excluding hydrogens is 334 g/mol. The summed E-state index contributed by atoms with van der Waals surface area (Å²) >= 11 is 0. The van der Waals surface area contributed by atoms with E-state index >= 15 is 0 Å². The van der Waals surface area contributed by atoms with Crippen LogP contribution in [0, 0.1) is 11.3 Å². The van der Waals surface area contributed by atoms with Gasteiger partial charge in [-0.3, -0.25) is 19.1 Å². The third kappa shape index (κ3) is 2.20. The maximum Gasteiger partial charge on any atom is 0.329 e. The first-order chi connectivity index (χ1) is 12.5. The van der Waals surface area contributed by atoms with Crippen LogP contribution in [-0.4, -0.2) is 42.9 Å². The van der Waals surface area contributed by atoms with Gasteiger partial charge in [0.25, 0.3) is 5.56 Å². The Morgan fingerprint density at radius 1 is 1.27 bits per heavy atom. The van der Waals surface area contributed by atoms with Crippen LogP contribution in [0.2, 0.25) is 0 Å². The Hall–Kier alpha value is -2.38. The van der Waals surface area contributed by atoms with E-state index in [1.165, 1.54) is 36.7 Å². The monoisotopic (exact) mass is 357 g/mol. The molecule has 2 N–H and O–H groups in total. The molecule has 3 fully saturated rings. The van der Waals surface area contributed by atoms with Crippen molar-refractivity contribution in [2.75, 3.05) is 6.54 Å². The van der Waals surface area contributed by atoms with E-state index in [0.717, 1.165) is 6.54 Å². The summed E-state index contributed by atoms with van der Waals surface area (Å²) in [5.74, 6) is 1.47. The van der Waals surface area contributed by atoms with Crippen molar-refractivity contribution in [3.63, 3.8) is 0 Å². The molecule has 0 radical (unpaired) electrons. The summed E-state index contributed by atoms with van der Waals surface area (Å²) in [6.07, 6.45) is 7.20. The number of aromatic amines is 2. The Balaban J connectivity index is 1.31. The number of rotatable bonds is 4. The van der Waals surface area contributed by atoms with E-state index in [2.05, 4.69) is 19.9 Å². The van der Waals surface area contributed by atoms with Gasteiger partial charge < -0.3 is 9.88 Å². The number of nitrogens with zero attached hydrogens (tertiary/aromatic N) is 3. The lowest BCUT2D eigenvalue weighted by Gasteiger charge is -2.63. The lowest BCUT2D eigenvalue weighted by atomic mass is 9.56. The number of hydrogen-bond donors (Lipinski definition) is 2. The fraction of sp³-hybridized carbons (Fsp3) is 0.667. The quantitative estimate of drug-likeness (QED) is 0.839. The second-order valence-electron chi connectivity index (χ2n) is 8.22. The van der Waals surface area contributed by atoms with Crippen LogP contribution in [0.1, 0.15) is 44.3 Å². The van der Waals surface area contributed by atoms with Gasteiger partial charge in [-0.15, -0.1) is 0 Å². The molecule has 2 saturated carbocycles. The largest absolute Gasteiger partial charge is 0.338 e. The highest BCUT2D eigenvalue weighted by Gasteiger charge is 2.61. The van der Waals surface area contributed by atoms with Crippen LogP contribution < -0.4 is 11.2 Å². The predicted molar refractivity (Wildman–Crippen MR) is 94.8 cm³/mol. The number of H-pyrrole nitrogens is 2. The highest BCUT2D eigenvalue weighted by molar-refractivity contribution is 5.78. The van der Waals surface area contributed by atoms with Crippen LogP contribution in [0.15, 0.2) is 9.59 Å². The molecule has 3 heterocycles. The molecular formula is C18H23N5O3. The molecule has 2 aromatic heterocycles. The lowest BCUT2D eigenvalue weighted by Crippen LogP contribution is -2.69. The molecule has 1 unspecified atom stereocenters. The zero-order chi connectivity index (χ0) is 18.1. The minimum absolute atomic E-state index is 0.183. The van der Waals surface area contributed by atoms with Crippen molar-refractivity contribution in [3.8, 4) is 0 Å². The summed E-state index contributed by atoms with van der Waals surface area (Å²) in [6.45, 7) is 0.918. The molecule has 5 rings (SSSR count). The van der Waals surface area contributed by atoms with Gasteiger partial charge in [0.05, 0.1) is 0 Å². The van der Waals surface area contributed by atoms with Crippen LogP contribution in [-0.2, 0) is 18.3 Å². The highest BCUT2D eigenvalue weighted by atomic mass is 16.2. The van der Waals surface area contributed by atoms with Gasteiger partial charge in [0.2, 0.25) is 5.91 Å². The van der Waals surface area contributed by atoms with E-state index in [0.29, 0.717) is 41.7 Å². The van der Waals surface area contributed by atoms with E-state index < -0.39 is 11.2 Å². The van der Waals surface area contributed by atoms with Gasteiger partial charge >= 0.3 is 5.69 Å². The summed E-state index contributed by atoms with van der Waals surface area (Å²) in [7, 11) is 1.56. The first-order valence-electron chi connectivity index (χ1n) is 9.46. The van der Waals surface area contributed by atoms with Crippen molar-refractivity contribution in [1.82, 2.24) is 24.4 Å². The van der Waals surface area contributed by atoms with Crippen molar-refractivity contribution >= 4 is 17.1 Å². The number of carbonyl (C=O) groups excluding carboxylic acids is 1. The number of fused-ring (bicyclic) bond motifs is 1. The maximum absolute atomic E-state index is 12.7. The topological polar surface area (TPSA) is 104 Å². The number of hydrogen-bond acceptors (Lipinski definition) is 4. The Bertz CT molecular complexity index is 1010. The molecule has 138 valence electrons. The zero-order valence-corrected chi connectivity index (χ0v) is 14.9. The molecule has 0 aromatic carbocycles. The number of carbonyl (C=O) groups is 1. The zero-order valence-electron chi connectivity index (χ0n) is 14.9. The Labute approximate surface area is 149 Å². The van der Waals surface area contributed by atoms with Gasteiger partial charge in [-0.2, -0.15) is 0 Å². The molecule has 0 bridgehead atoms. The average Bonchev–Trinajstić information content (AvgIpc) is 3.25. The van der Waals surface area contributed by atoms with Crippen molar-refractivity contribution in [1.29, 1.82) is 0 Å². The minimum Gasteiger partial charge on any atom is -0.338 e. The van der Waals surface area contributed by atoms with Crippen LogP contribution in [0.3, 0.4) is 0 Å². The Kier molecular flexibility index (Phi) is 3.24. The first kappa shape index (κ1) is 15.8. The van der Waals surface area contributed by atoms with E-state index in [9.17, 15) is 14.4 Å². The van der Waals surface area contributed by atoms with E-state index in [1.807, 2.05) is 0 Å². The maximum atomic E-state index is 12.7. The van der Waals surface area contributed by atoms with E-state index in [-0.39, 0.29) is 11.4 Å². The van der Waals surface area contributed by atoms with Gasteiger partial charge in [-0.1, -0.05) is 6.42 Å². The molecule has 1 saturated heterocycles. The van der Waals surface area contributed by atoms with Crippen LogP contribution in [0.5, 0.6) is 0 Å². The van der Waals surface area contributed by atoms with Crippen LogP contribution >= 0.6 is 0 Å². The molecule has 2 aliphatic carbocycles. The second kappa shape index (κ2) is 5.31. The number of aryl methyl sites for hydroxylation is 2. The molecule has 3 aliphatic rings. The van der Waals surface area contributed by atoms with Crippen molar-refractivity contribution in [2.24, 2.45) is 18.4 Å². The van der Waals surface area contributed by atoms with Gasteiger partial charge in [-0.25, -0.2) is 9.78 Å². The standard InChI is InChI=1S/C18H23N5O3/c1-22-15-13(16(25)21-17(22)26)19-11(20-15)5-6-12(24)23-9-18(7-2-8-18)14(23)10-3-4-10/h10,14H,2-9H2,1H3,(H,19,20)(H,21,25,26). The second-order valence-corrected chi connectivity index (χ2v) is 8.22. The Morgan fingerprint density at radius 2 is 2.04 bits per heavy atom. The van der Waals surface area contributed by atoms with E-state index in [4.69, 9.17) is 0 Å². The molecule has 1 aliphatic heterocycles. The normalized spacial score (nSPS) is 23.9. The van der Waals surface area contributed by atoms with Crippen LogP contribution in [0.25, 0.3) is 11.2 Å². The van der Waals surface area contributed by atoms with Gasteiger partial charge in [0.15, 0.2) is 5.65 Å². The van der Waals surface area contributed by atoms with Crippen LogP contribution in [0.4, 0.5) is 0 Å². The van der Waals surface area contributed by atoms with Crippen molar-refractivity contribution < 1.29 is 4.79 Å². The number of imidazole rings is 1. The highest BCUT2D eigenvalue weighted by Crippen LogP contribution is 2.59. The SMILES string of the molecule is Cn1c(=O)[nH]c(=O)c2[nH]c(CCC(=O)N3CC4(CCC4)C3C3CC3)nc21. The Morgan fingerprint density at radius 3 is 2.69 bits per heavy atom. The lowest BCUT2D eigenvalue weighted by molar-refractivity contribution is -0.171. The molecule has 2 aromatic rings. The number of amides is 1. The number of likely N-dealkylation sites (tertiary alicyclic amines) is 1. The summed E-state index contributed by atoms with van der Waals surface area (Å²) in [5.41, 5.74) is 0.0750. The van der Waals surface area contributed by atoms with Gasteiger partial charge in [0.1, 0.15) is 11.3 Å². The molecule has 8 heteroatoms. The fourth-order valence-electron chi connectivity index (χ4n) is 4.88. The van der Waals surface area contributed by atoms with Crippen molar-refractivity contribution in [3.05, 3.63) is 26.7 Å². The predicted octanol–water partition coefficient (Wildman–Crippen LogP) is 0.674. The molecule has 26 heavy (non-hydrogen) atoms. The third-order valence-electron chi connectivity index (χ3n) is 6.57. The van der Waals surface area contributed by atoms with Gasteiger partial charge in [-0.05, 0) is 31.6 Å². The van der Waals surface area contributed by atoms with Crippen molar-refractivity contribution in [2.45, 2.75) is 51.0 Å². The molecule has 1 amide bonds. The smallest absolute Gasteiger partial charge is 0.329 e. The van der Waals surface area contributed by atoms with Gasteiger partial charge in [0, 0.05) is 37.9 Å². The number of nitrogens with one attached hydrogen (secondary N) is 2. The molecule has 1 atom stereocenters. The average molecular weight is 357 g/mol. The minimum atomic E-state index is -0.490. The fourth-order valence-corrected chi connectivity index (χ4v) is 4.88. The summed E-state index contributed by atoms with van der Waals surface area (Å²) in [5, 5.41) is 0. The summed E-state index contributed by atoms with van der Waals surface area (Å²) < 4.78 is 1.30. The summed E-state index contributed by atoms with van der Waals surface area (Å²) in [4.78, 5) is 47.9.